The van der Waals surface area contributed by atoms with E-state index in [1.807, 2.05) is 29.1 Å². The summed E-state index contributed by atoms with van der Waals surface area (Å²) in [4.78, 5) is 8.18. The summed E-state index contributed by atoms with van der Waals surface area (Å²) in [5.41, 5.74) is 0. The van der Waals surface area contributed by atoms with Crippen LogP contribution in [0.2, 0.25) is 0 Å². The zero-order valence-electron chi connectivity index (χ0n) is 11.8. The number of thiophene rings is 1. The van der Waals surface area contributed by atoms with Gasteiger partial charge in [0.15, 0.2) is 0 Å². The second-order valence-corrected chi connectivity index (χ2v) is 6.57. The Morgan fingerprint density at radius 1 is 1.45 bits per heavy atom. The highest BCUT2D eigenvalue weighted by Crippen LogP contribution is 2.30. The molecule has 4 nitrogen and oxygen atoms in total. The van der Waals surface area contributed by atoms with Crippen LogP contribution < -0.4 is 0 Å². The number of likely N-dealkylation sites (tertiary alicyclic amines) is 1. The van der Waals surface area contributed by atoms with Crippen molar-refractivity contribution in [2.24, 2.45) is 13.0 Å². The van der Waals surface area contributed by atoms with Crippen LogP contribution in [0.1, 0.15) is 29.6 Å². The van der Waals surface area contributed by atoms with E-state index in [-0.39, 0.29) is 0 Å². The van der Waals surface area contributed by atoms with Crippen LogP contribution in [0.3, 0.4) is 0 Å². The van der Waals surface area contributed by atoms with E-state index in [0.29, 0.717) is 5.92 Å². The molecule has 1 aliphatic rings. The van der Waals surface area contributed by atoms with Crippen LogP contribution in [0.25, 0.3) is 0 Å². The molecule has 0 spiro atoms. The number of rotatable bonds is 4. The summed E-state index contributed by atoms with van der Waals surface area (Å²) in [6.07, 6.45) is 5.30. The molecule has 0 aliphatic carbocycles. The lowest BCUT2D eigenvalue weighted by atomic mass is 9.90. The Bertz CT molecular complexity index is 529. The number of aryl methyl sites for hydroxylation is 1. The molecule has 0 amide bonds. The Kier molecular flexibility index (Phi) is 4.19. The molecule has 0 radical (unpaired) electrons. The first kappa shape index (κ1) is 13.8. The number of hydrogen-bond donors (Lipinski definition) is 1. The van der Waals surface area contributed by atoms with Crippen molar-refractivity contribution in [1.29, 1.82) is 0 Å². The largest absolute Gasteiger partial charge is 0.385 e. The maximum Gasteiger partial charge on any atom is 0.137 e. The molecule has 1 saturated heterocycles. The fraction of sp³-hybridized carbons (Fsp3) is 0.533. The van der Waals surface area contributed by atoms with Crippen molar-refractivity contribution in [3.8, 4) is 0 Å². The third-order valence-corrected chi connectivity index (χ3v) is 5.02. The van der Waals surface area contributed by atoms with Gasteiger partial charge in [-0.25, -0.2) is 4.98 Å². The summed E-state index contributed by atoms with van der Waals surface area (Å²) < 4.78 is 1.92. The molecule has 108 valence electrons. The molecule has 3 heterocycles. The minimum Gasteiger partial charge on any atom is -0.385 e. The molecule has 0 aromatic carbocycles. The summed E-state index contributed by atoms with van der Waals surface area (Å²) in [6.45, 7) is 3.16. The van der Waals surface area contributed by atoms with Gasteiger partial charge in [0.1, 0.15) is 11.9 Å². The highest BCUT2D eigenvalue weighted by Gasteiger charge is 2.28. The first-order valence-electron chi connectivity index (χ1n) is 7.14. The van der Waals surface area contributed by atoms with E-state index in [9.17, 15) is 5.11 Å². The van der Waals surface area contributed by atoms with Gasteiger partial charge in [0.2, 0.25) is 0 Å². The Labute approximate surface area is 123 Å². The molecule has 1 unspecified atom stereocenters. The lowest BCUT2D eigenvalue weighted by Crippen LogP contribution is -2.35. The fourth-order valence-electron chi connectivity index (χ4n) is 2.92. The summed E-state index contributed by atoms with van der Waals surface area (Å²) in [5.74, 6) is 1.12. The van der Waals surface area contributed by atoms with Crippen molar-refractivity contribution in [2.75, 3.05) is 13.1 Å². The van der Waals surface area contributed by atoms with Gasteiger partial charge < -0.3 is 9.67 Å². The number of hydrogen-bond acceptors (Lipinski definition) is 4. The maximum atomic E-state index is 10.5. The standard InChI is InChI=1S/C15H21N3OS/c1-17-9-6-16-15(17)14(19)12-4-7-18(8-5-12)11-13-3-2-10-20-13/h2-3,6,9-10,12,14,19H,4-5,7-8,11H2,1H3. The molecule has 0 saturated carbocycles. The van der Waals surface area contributed by atoms with E-state index in [4.69, 9.17) is 0 Å². The van der Waals surface area contributed by atoms with E-state index in [0.717, 1.165) is 38.3 Å². The van der Waals surface area contributed by atoms with E-state index >= 15 is 0 Å². The second kappa shape index (κ2) is 6.08. The summed E-state index contributed by atoms with van der Waals surface area (Å²) >= 11 is 1.82. The Morgan fingerprint density at radius 3 is 2.85 bits per heavy atom. The van der Waals surface area contributed by atoms with Crippen LogP contribution in [0.5, 0.6) is 0 Å². The quantitative estimate of drug-likeness (QED) is 0.940. The summed E-state index contributed by atoms with van der Waals surface area (Å²) in [7, 11) is 1.94. The van der Waals surface area contributed by atoms with E-state index in [1.165, 1.54) is 4.88 Å². The maximum absolute atomic E-state index is 10.5. The number of aliphatic hydroxyl groups is 1. The molecule has 2 aromatic rings. The molecule has 1 aliphatic heterocycles. The molecule has 1 N–H and O–H groups in total. The lowest BCUT2D eigenvalue weighted by Gasteiger charge is -2.33. The van der Waals surface area contributed by atoms with Crippen LogP contribution >= 0.6 is 11.3 Å². The van der Waals surface area contributed by atoms with Gasteiger partial charge >= 0.3 is 0 Å². The molecule has 20 heavy (non-hydrogen) atoms. The molecule has 0 bridgehead atoms. The monoisotopic (exact) mass is 291 g/mol. The van der Waals surface area contributed by atoms with Crippen molar-refractivity contribution < 1.29 is 5.11 Å². The number of piperidine rings is 1. The minimum absolute atomic E-state index is 0.329. The van der Waals surface area contributed by atoms with Crippen molar-refractivity contribution in [3.63, 3.8) is 0 Å². The van der Waals surface area contributed by atoms with Gasteiger partial charge in [-0.05, 0) is 43.3 Å². The van der Waals surface area contributed by atoms with Crippen molar-refractivity contribution in [2.45, 2.75) is 25.5 Å². The van der Waals surface area contributed by atoms with Gasteiger partial charge in [-0.3, -0.25) is 4.90 Å². The van der Waals surface area contributed by atoms with E-state index < -0.39 is 6.10 Å². The molecule has 1 atom stereocenters. The Morgan fingerprint density at radius 2 is 2.25 bits per heavy atom. The minimum atomic E-state index is -0.432. The van der Waals surface area contributed by atoms with Crippen molar-refractivity contribution in [1.82, 2.24) is 14.5 Å². The van der Waals surface area contributed by atoms with Crippen LogP contribution in [-0.4, -0.2) is 32.6 Å². The third-order valence-electron chi connectivity index (χ3n) is 4.16. The number of aromatic nitrogens is 2. The number of imidazole rings is 1. The molecular formula is C15H21N3OS. The first-order valence-corrected chi connectivity index (χ1v) is 8.02. The molecule has 1 fully saturated rings. The van der Waals surface area contributed by atoms with Crippen molar-refractivity contribution in [3.05, 3.63) is 40.6 Å². The predicted molar refractivity (Wildman–Crippen MR) is 80.5 cm³/mol. The average Bonchev–Trinajstić information content (AvgIpc) is 3.10. The van der Waals surface area contributed by atoms with Crippen LogP contribution in [-0.2, 0) is 13.6 Å². The normalized spacial score (nSPS) is 19.3. The smallest absolute Gasteiger partial charge is 0.137 e. The zero-order chi connectivity index (χ0) is 13.9. The van der Waals surface area contributed by atoms with E-state index in [1.54, 1.807) is 6.20 Å². The summed E-state index contributed by atoms with van der Waals surface area (Å²) in [5, 5.41) is 12.6. The van der Waals surface area contributed by atoms with E-state index in [2.05, 4.69) is 27.4 Å². The molecule has 2 aromatic heterocycles. The van der Waals surface area contributed by atoms with Crippen LogP contribution in [0.15, 0.2) is 29.9 Å². The molecule has 5 heteroatoms. The van der Waals surface area contributed by atoms with Gasteiger partial charge in [-0.2, -0.15) is 0 Å². The summed E-state index contributed by atoms with van der Waals surface area (Å²) in [6, 6.07) is 4.30. The topological polar surface area (TPSA) is 41.3 Å². The zero-order valence-corrected chi connectivity index (χ0v) is 12.6. The average molecular weight is 291 g/mol. The third kappa shape index (κ3) is 2.95. The predicted octanol–water partition coefficient (Wildman–Crippen LogP) is 2.43. The Hall–Kier alpha value is -1.17. The van der Waals surface area contributed by atoms with Crippen LogP contribution in [0.4, 0.5) is 0 Å². The number of nitrogens with zero attached hydrogens (tertiary/aromatic N) is 3. The van der Waals surface area contributed by atoms with Gasteiger partial charge in [0, 0.05) is 30.9 Å². The number of aliphatic hydroxyl groups excluding tert-OH is 1. The van der Waals surface area contributed by atoms with Crippen LogP contribution in [0, 0.1) is 5.92 Å². The van der Waals surface area contributed by atoms with Gasteiger partial charge in [0.25, 0.3) is 0 Å². The first-order chi connectivity index (χ1) is 9.74. The molecular weight excluding hydrogens is 270 g/mol. The lowest BCUT2D eigenvalue weighted by molar-refractivity contribution is 0.0494. The SMILES string of the molecule is Cn1ccnc1C(O)C1CCN(Cc2cccs2)CC1. The Balaban J connectivity index is 1.54. The van der Waals surface area contributed by atoms with Gasteiger partial charge in [0.05, 0.1) is 0 Å². The van der Waals surface area contributed by atoms with Crippen molar-refractivity contribution >= 4 is 11.3 Å². The fourth-order valence-corrected chi connectivity index (χ4v) is 3.67. The highest BCUT2D eigenvalue weighted by molar-refractivity contribution is 7.09. The van der Waals surface area contributed by atoms with Gasteiger partial charge in [-0.15, -0.1) is 11.3 Å². The second-order valence-electron chi connectivity index (χ2n) is 5.53. The molecule has 3 rings (SSSR count). The highest BCUT2D eigenvalue weighted by atomic mass is 32.1. The van der Waals surface area contributed by atoms with Gasteiger partial charge in [-0.1, -0.05) is 6.07 Å².